The Bertz CT molecular complexity index is 265. The molecule has 0 rings (SSSR count). The molecule has 0 fully saturated rings. The van der Waals surface area contributed by atoms with E-state index < -0.39 is 0 Å². The third-order valence-corrected chi connectivity index (χ3v) is 2.42. The Hall–Kier alpha value is -0.900. The van der Waals surface area contributed by atoms with Crippen LogP contribution in [0.1, 0.15) is 46.5 Å². The van der Waals surface area contributed by atoms with Gasteiger partial charge in [0.05, 0.1) is 13.2 Å². The van der Waals surface area contributed by atoms with Gasteiger partial charge >= 0.3 is 0 Å². The second-order valence-corrected chi connectivity index (χ2v) is 4.37. The molecule has 0 bridgehead atoms. The first-order chi connectivity index (χ1) is 9.12. The largest absolute Gasteiger partial charge is 0.396 e. The first kappa shape index (κ1) is 20.4. The fourth-order valence-corrected chi connectivity index (χ4v) is 1.23. The number of hydrogen-bond donors (Lipinski definition) is 3. The third-order valence-electron chi connectivity index (χ3n) is 2.42. The molecular weight excluding hydrogens is 240 g/mol. The van der Waals surface area contributed by atoms with Gasteiger partial charge in [-0.2, -0.15) is 0 Å². The molecule has 0 heterocycles. The average molecular weight is 270 g/mol. The summed E-state index contributed by atoms with van der Waals surface area (Å²) in [5.74, 6) is 0. The van der Waals surface area contributed by atoms with E-state index in [1.165, 1.54) is 5.57 Å². The highest BCUT2D eigenvalue weighted by atomic mass is 16.3. The Kier molecular flexibility index (Phi) is 18.4. The maximum absolute atomic E-state index is 8.68. The zero-order chi connectivity index (χ0) is 14.9. The normalized spacial score (nSPS) is 12.5. The molecular formula is C16H30O3. The predicted molar refractivity (Wildman–Crippen MR) is 82.1 cm³/mol. The molecule has 0 atom stereocenters. The van der Waals surface area contributed by atoms with Gasteiger partial charge in [0.2, 0.25) is 0 Å². The average Bonchev–Trinajstić information content (AvgIpc) is 2.40. The summed E-state index contributed by atoms with van der Waals surface area (Å²) in [4.78, 5) is 0. The molecule has 112 valence electrons. The summed E-state index contributed by atoms with van der Waals surface area (Å²) in [5.41, 5.74) is 2.20. The summed E-state index contributed by atoms with van der Waals surface area (Å²) < 4.78 is 0. The van der Waals surface area contributed by atoms with Crippen molar-refractivity contribution in [3.63, 3.8) is 0 Å². The summed E-state index contributed by atoms with van der Waals surface area (Å²) in [6.07, 6.45) is 11.6. The Morgan fingerprint density at radius 3 is 2.05 bits per heavy atom. The van der Waals surface area contributed by atoms with Crippen LogP contribution in [0.3, 0.4) is 0 Å². The molecule has 0 radical (unpaired) electrons. The first-order valence-electron chi connectivity index (χ1n) is 6.91. The van der Waals surface area contributed by atoms with Crippen LogP contribution in [-0.4, -0.2) is 35.1 Å². The lowest BCUT2D eigenvalue weighted by atomic mass is 10.1. The van der Waals surface area contributed by atoms with E-state index in [1.54, 1.807) is 0 Å². The molecule has 3 heteroatoms. The van der Waals surface area contributed by atoms with Crippen LogP contribution in [0.25, 0.3) is 0 Å². The molecule has 3 nitrogen and oxygen atoms in total. The minimum atomic E-state index is 0.120. The van der Waals surface area contributed by atoms with Gasteiger partial charge in [0.1, 0.15) is 0 Å². The number of hydrogen-bond acceptors (Lipinski definition) is 3. The molecule has 0 spiro atoms. The Labute approximate surface area is 118 Å². The second-order valence-electron chi connectivity index (χ2n) is 4.37. The quantitative estimate of drug-likeness (QED) is 0.594. The van der Waals surface area contributed by atoms with Gasteiger partial charge in [-0.3, -0.25) is 0 Å². The lowest BCUT2D eigenvalue weighted by molar-refractivity contribution is 0.302. The minimum Gasteiger partial charge on any atom is -0.396 e. The lowest BCUT2D eigenvalue weighted by Gasteiger charge is -1.97. The summed E-state index contributed by atoms with van der Waals surface area (Å²) in [7, 11) is 0. The predicted octanol–water partition coefficient (Wildman–Crippen LogP) is 2.98. The molecule has 0 amide bonds. The van der Waals surface area contributed by atoms with E-state index in [-0.39, 0.29) is 19.8 Å². The number of allylic oxidation sites excluding steroid dienone is 3. The topological polar surface area (TPSA) is 60.7 Å². The van der Waals surface area contributed by atoms with Crippen LogP contribution in [0.15, 0.2) is 35.5 Å². The van der Waals surface area contributed by atoms with Crippen LogP contribution in [-0.2, 0) is 0 Å². The Balaban J connectivity index is 0. The lowest BCUT2D eigenvalue weighted by Crippen LogP contribution is -1.85. The zero-order valence-corrected chi connectivity index (χ0v) is 12.6. The van der Waals surface area contributed by atoms with Gasteiger partial charge in [0, 0.05) is 6.61 Å². The number of aliphatic hydroxyl groups is 3. The summed E-state index contributed by atoms with van der Waals surface area (Å²) >= 11 is 0. The van der Waals surface area contributed by atoms with Crippen molar-refractivity contribution in [1.29, 1.82) is 0 Å². The van der Waals surface area contributed by atoms with Gasteiger partial charge in [0.15, 0.2) is 0 Å². The van der Waals surface area contributed by atoms with Gasteiger partial charge in [-0.1, -0.05) is 42.4 Å². The second kappa shape index (κ2) is 17.1. The van der Waals surface area contributed by atoms with Crippen molar-refractivity contribution in [3.05, 3.63) is 35.5 Å². The van der Waals surface area contributed by atoms with Gasteiger partial charge in [-0.25, -0.2) is 0 Å². The van der Waals surface area contributed by atoms with E-state index in [1.807, 2.05) is 32.1 Å². The van der Waals surface area contributed by atoms with Crippen LogP contribution in [0, 0.1) is 0 Å². The van der Waals surface area contributed by atoms with E-state index in [0.29, 0.717) is 0 Å². The van der Waals surface area contributed by atoms with E-state index in [0.717, 1.165) is 31.3 Å². The van der Waals surface area contributed by atoms with Crippen molar-refractivity contribution < 1.29 is 15.3 Å². The zero-order valence-electron chi connectivity index (χ0n) is 12.6. The van der Waals surface area contributed by atoms with Crippen LogP contribution < -0.4 is 0 Å². The molecule has 3 N–H and O–H groups in total. The maximum atomic E-state index is 8.68. The first-order valence-corrected chi connectivity index (χ1v) is 6.91. The van der Waals surface area contributed by atoms with Crippen molar-refractivity contribution in [2.45, 2.75) is 46.5 Å². The minimum absolute atomic E-state index is 0.120. The molecule has 0 aliphatic rings. The number of aliphatic hydroxyl groups excluding tert-OH is 3. The highest BCUT2D eigenvalue weighted by Crippen LogP contribution is 2.05. The van der Waals surface area contributed by atoms with Gasteiger partial charge in [-0.05, 0) is 39.5 Å². The monoisotopic (exact) mass is 270 g/mol. The smallest absolute Gasteiger partial charge is 0.0639 e. The molecule has 0 aliphatic heterocycles. The molecule has 19 heavy (non-hydrogen) atoms. The Morgan fingerprint density at radius 1 is 0.895 bits per heavy atom. The van der Waals surface area contributed by atoms with E-state index in [9.17, 15) is 0 Å². The Morgan fingerprint density at radius 2 is 1.58 bits per heavy atom. The van der Waals surface area contributed by atoms with Crippen LogP contribution in [0.5, 0.6) is 0 Å². The molecule has 0 saturated heterocycles. The van der Waals surface area contributed by atoms with Gasteiger partial charge < -0.3 is 15.3 Å². The maximum Gasteiger partial charge on any atom is 0.0639 e. The van der Waals surface area contributed by atoms with Gasteiger partial charge in [-0.15, -0.1) is 0 Å². The van der Waals surface area contributed by atoms with Crippen molar-refractivity contribution in [1.82, 2.24) is 0 Å². The molecule has 0 aromatic rings. The molecule has 0 aromatic heterocycles. The fourth-order valence-electron chi connectivity index (χ4n) is 1.23. The standard InChI is InChI=1S/C10H18O2.C6H12O/c1-9(6-7-11)4-3-5-10(2)8-12;1-2-3-4-5-6-7/h5-6,11-12H,3-4,7-8H2,1-2H3;3-4,7H,2,5-6H2,1H3/b9-6+,10-5+;4-3-. The fraction of sp³-hybridized carbons (Fsp3) is 0.625. The summed E-state index contributed by atoms with van der Waals surface area (Å²) in [5, 5.41) is 25.5. The van der Waals surface area contributed by atoms with Crippen molar-refractivity contribution in [2.24, 2.45) is 0 Å². The van der Waals surface area contributed by atoms with Crippen LogP contribution >= 0.6 is 0 Å². The molecule has 0 saturated carbocycles. The van der Waals surface area contributed by atoms with E-state index in [2.05, 4.69) is 13.0 Å². The van der Waals surface area contributed by atoms with Crippen molar-refractivity contribution in [2.75, 3.05) is 19.8 Å². The van der Waals surface area contributed by atoms with Crippen molar-refractivity contribution >= 4 is 0 Å². The number of rotatable bonds is 8. The SMILES string of the molecule is C/C(=C\CC/C(C)=C/CO)CO.CC/C=C\CCO. The van der Waals surface area contributed by atoms with E-state index in [4.69, 9.17) is 15.3 Å². The summed E-state index contributed by atoms with van der Waals surface area (Å²) in [6.45, 7) is 6.52. The van der Waals surface area contributed by atoms with Crippen LogP contribution in [0.2, 0.25) is 0 Å². The third kappa shape index (κ3) is 19.6. The van der Waals surface area contributed by atoms with Crippen molar-refractivity contribution in [3.8, 4) is 0 Å². The molecule has 0 aromatic carbocycles. The molecule has 0 unspecified atom stereocenters. The van der Waals surface area contributed by atoms with Crippen LogP contribution in [0.4, 0.5) is 0 Å². The van der Waals surface area contributed by atoms with Gasteiger partial charge in [0.25, 0.3) is 0 Å². The van der Waals surface area contributed by atoms with E-state index >= 15 is 0 Å². The highest BCUT2D eigenvalue weighted by Gasteiger charge is 1.88. The molecule has 0 aliphatic carbocycles. The summed E-state index contributed by atoms with van der Waals surface area (Å²) in [6, 6.07) is 0. The highest BCUT2D eigenvalue weighted by molar-refractivity contribution is 5.03.